The van der Waals surface area contributed by atoms with Crippen LogP contribution < -0.4 is 11.1 Å². The molecule has 0 radical (unpaired) electrons. The van der Waals surface area contributed by atoms with Gasteiger partial charge in [0.25, 0.3) is 0 Å². The third-order valence-electron chi connectivity index (χ3n) is 6.77. The van der Waals surface area contributed by atoms with E-state index >= 15 is 0 Å². The summed E-state index contributed by atoms with van der Waals surface area (Å²) >= 11 is 0. The average Bonchev–Trinajstić information content (AvgIpc) is 2.79. The van der Waals surface area contributed by atoms with Gasteiger partial charge in [0.15, 0.2) is 0 Å². The molecule has 1 unspecified atom stereocenters. The van der Waals surface area contributed by atoms with Crippen LogP contribution in [0.25, 0.3) is 0 Å². The van der Waals surface area contributed by atoms with Crippen LogP contribution in [0, 0.1) is 5.92 Å². The van der Waals surface area contributed by atoms with Gasteiger partial charge in [0.1, 0.15) is 6.10 Å². The second-order valence-corrected chi connectivity index (χ2v) is 10.0. The van der Waals surface area contributed by atoms with Crippen LogP contribution in [-0.2, 0) is 28.5 Å². The van der Waals surface area contributed by atoms with Crippen molar-refractivity contribution >= 4 is 11.9 Å². The summed E-state index contributed by atoms with van der Waals surface area (Å²) in [6.45, 7) is 9.77. The Hall–Kier alpha value is -2.00. The van der Waals surface area contributed by atoms with Crippen molar-refractivity contribution < 1.29 is 28.5 Å². The number of nitrogens with one attached hydrogen (secondary N) is 1. The van der Waals surface area contributed by atoms with Gasteiger partial charge in [-0.15, -0.1) is 0 Å². The second-order valence-electron chi connectivity index (χ2n) is 10.0. The summed E-state index contributed by atoms with van der Waals surface area (Å²) in [4.78, 5) is 23.2. The molecule has 3 N–H and O–H groups in total. The van der Waals surface area contributed by atoms with Crippen molar-refractivity contribution in [2.75, 3.05) is 13.7 Å². The van der Waals surface area contributed by atoms with Crippen LogP contribution in [0.1, 0.15) is 60.3 Å². The zero-order valence-electron chi connectivity index (χ0n) is 22.1. The Balaban J connectivity index is 1.79. The number of rotatable bonds is 10. The van der Waals surface area contributed by atoms with Crippen molar-refractivity contribution in [3.05, 3.63) is 36.5 Å². The maximum atomic E-state index is 12.3. The Labute approximate surface area is 210 Å². The zero-order valence-corrected chi connectivity index (χ0v) is 22.1. The molecule has 1 amide bonds. The lowest BCUT2D eigenvalue weighted by Gasteiger charge is -2.40. The summed E-state index contributed by atoms with van der Waals surface area (Å²) in [5.41, 5.74) is 5.61. The van der Waals surface area contributed by atoms with Crippen LogP contribution in [-0.4, -0.2) is 67.7 Å². The number of nitrogens with two attached hydrogens (primary N) is 1. The van der Waals surface area contributed by atoms with Gasteiger partial charge in [-0.25, -0.2) is 0 Å². The van der Waals surface area contributed by atoms with Crippen LogP contribution in [0.2, 0.25) is 0 Å². The Morgan fingerprint density at radius 3 is 2.63 bits per heavy atom. The van der Waals surface area contributed by atoms with Gasteiger partial charge in [-0.05, 0) is 45.6 Å². The SMILES string of the molecule is COC1(C)C[C@@H](CN)O[C@H](/C=C/C=C/C[C@@H]2O[C@H](C)[C@H](NC(=O)/C=C\[C@H](C)OC(C)=O)C[C@@H]2C)C1. The van der Waals surface area contributed by atoms with Crippen LogP contribution in [0.3, 0.4) is 0 Å². The van der Waals surface area contributed by atoms with E-state index in [0.717, 1.165) is 25.7 Å². The highest BCUT2D eigenvalue weighted by molar-refractivity contribution is 5.87. The van der Waals surface area contributed by atoms with Crippen molar-refractivity contribution in [2.45, 2.75) is 102 Å². The molecule has 0 bridgehead atoms. The standard InChI is InChI=1S/C27H44N2O6/c1-18-14-24(29-26(31)13-12-19(2)33-21(4)30)20(3)34-25(18)11-9-7-8-10-22-15-27(5,32-6)16-23(17-28)35-22/h7-10,12-13,18-20,22-25H,11,14-17,28H2,1-6H3,(H,29,31)/b9-7+,10-8+,13-12-/t18-,19-,20+,22+,23-,24+,25-,27?/m0/s1. The van der Waals surface area contributed by atoms with E-state index in [9.17, 15) is 9.59 Å². The normalized spacial score (nSPS) is 34.9. The highest BCUT2D eigenvalue weighted by Crippen LogP contribution is 2.32. The first-order chi connectivity index (χ1) is 16.5. The highest BCUT2D eigenvalue weighted by Gasteiger charge is 2.36. The molecule has 0 aliphatic carbocycles. The summed E-state index contributed by atoms with van der Waals surface area (Å²) < 4.78 is 22.9. The van der Waals surface area contributed by atoms with Crippen molar-refractivity contribution in [1.29, 1.82) is 0 Å². The Morgan fingerprint density at radius 2 is 1.97 bits per heavy atom. The number of allylic oxidation sites excluding steroid dienone is 2. The van der Waals surface area contributed by atoms with Gasteiger partial charge in [0.05, 0.1) is 36.1 Å². The summed E-state index contributed by atoms with van der Waals surface area (Å²) in [6.07, 6.45) is 14.0. The molecule has 8 heteroatoms. The topological polar surface area (TPSA) is 109 Å². The number of esters is 1. The Kier molecular flexibility index (Phi) is 11.6. The number of methoxy groups -OCH3 is 1. The number of carbonyl (C=O) groups excluding carboxylic acids is 2. The first-order valence-corrected chi connectivity index (χ1v) is 12.6. The van der Waals surface area contributed by atoms with E-state index < -0.39 is 6.10 Å². The maximum absolute atomic E-state index is 12.3. The minimum atomic E-state index is -0.446. The summed E-state index contributed by atoms with van der Waals surface area (Å²) in [7, 11) is 1.74. The highest BCUT2D eigenvalue weighted by atomic mass is 16.5. The number of ether oxygens (including phenoxy) is 4. The minimum absolute atomic E-state index is 0.00603. The molecule has 2 heterocycles. The molecule has 2 saturated heterocycles. The molecule has 0 saturated carbocycles. The molecule has 0 aromatic heterocycles. The minimum Gasteiger partial charge on any atom is -0.459 e. The van der Waals surface area contributed by atoms with E-state index in [1.165, 1.54) is 13.0 Å². The molecule has 8 atom stereocenters. The number of hydrogen-bond acceptors (Lipinski definition) is 7. The fourth-order valence-electron chi connectivity index (χ4n) is 4.70. The lowest BCUT2D eigenvalue weighted by atomic mass is 9.88. The fraction of sp³-hybridized carbons (Fsp3) is 0.704. The second kappa shape index (κ2) is 13.9. The first kappa shape index (κ1) is 29.2. The predicted molar refractivity (Wildman–Crippen MR) is 136 cm³/mol. The number of carbonyl (C=O) groups is 2. The van der Waals surface area contributed by atoms with Crippen molar-refractivity contribution in [2.24, 2.45) is 11.7 Å². The number of hydrogen-bond donors (Lipinski definition) is 2. The van der Waals surface area contributed by atoms with Gasteiger partial charge in [0.2, 0.25) is 5.91 Å². The summed E-state index contributed by atoms with van der Waals surface area (Å²) in [5.74, 6) is -0.298. The summed E-state index contributed by atoms with van der Waals surface area (Å²) in [5, 5.41) is 3.01. The monoisotopic (exact) mass is 492 g/mol. The van der Waals surface area contributed by atoms with Gasteiger partial charge in [-0.1, -0.05) is 31.2 Å². The third kappa shape index (κ3) is 9.88. The summed E-state index contributed by atoms with van der Waals surface area (Å²) in [6, 6.07) is -0.0691. The van der Waals surface area contributed by atoms with Gasteiger partial charge in [-0.2, -0.15) is 0 Å². The van der Waals surface area contributed by atoms with E-state index in [1.54, 1.807) is 20.1 Å². The average molecular weight is 493 g/mol. The molecule has 8 nitrogen and oxygen atoms in total. The molecule has 2 rings (SSSR count). The molecule has 0 spiro atoms. The molecule has 2 fully saturated rings. The molecule has 2 aliphatic heterocycles. The van der Waals surface area contributed by atoms with E-state index in [2.05, 4.69) is 31.3 Å². The van der Waals surface area contributed by atoms with Crippen LogP contribution in [0.5, 0.6) is 0 Å². The van der Waals surface area contributed by atoms with Crippen molar-refractivity contribution in [1.82, 2.24) is 5.32 Å². The third-order valence-corrected chi connectivity index (χ3v) is 6.77. The fourth-order valence-corrected chi connectivity index (χ4v) is 4.70. The van der Waals surface area contributed by atoms with Crippen LogP contribution in [0.4, 0.5) is 0 Å². The van der Waals surface area contributed by atoms with Gasteiger partial charge in [-0.3, -0.25) is 9.59 Å². The lowest BCUT2D eigenvalue weighted by molar-refractivity contribution is -0.143. The van der Waals surface area contributed by atoms with Gasteiger partial charge < -0.3 is 30.0 Å². The van der Waals surface area contributed by atoms with Crippen LogP contribution >= 0.6 is 0 Å². The van der Waals surface area contributed by atoms with Crippen molar-refractivity contribution in [3.8, 4) is 0 Å². The molecule has 198 valence electrons. The largest absolute Gasteiger partial charge is 0.459 e. The molecule has 2 aliphatic rings. The molecular formula is C27H44N2O6. The molecule has 35 heavy (non-hydrogen) atoms. The molecule has 0 aromatic carbocycles. The lowest BCUT2D eigenvalue weighted by Crippen LogP contribution is -2.50. The van der Waals surface area contributed by atoms with E-state index in [4.69, 9.17) is 24.7 Å². The Morgan fingerprint density at radius 1 is 1.23 bits per heavy atom. The maximum Gasteiger partial charge on any atom is 0.303 e. The van der Waals surface area contributed by atoms with Crippen LogP contribution in [0.15, 0.2) is 36.5 Å². The molecular weight excluding hydrogens is 448 g/mol. The quantitative estimate of drug-likeness (QED) is 0.274. The first-order valence-electron chi connectivity index (χ1n) is 12.6. The van der Waals surface area contributed by atoms with Gasteiger partial charge in [0, 0.05) is 39.5 Å². The Bertz CT molecular complexity index is 782. The van der Waals surface area contributed by atoms with E-state index in [-0.39, 0.29) is 47.9 Å². The molecule has 0 aromatic rings. The van der Waals surface area contributed by atoms with Crippen molar-refractivity contribution in [3.63, 3.8) is 0 Å². The number of amides is 1. The van der Waals surface area contributed by atoms with E-state index in [0.29, 0.717) is 12.5 Å². The zero-order chi connectivity index (χ0) is 26.0. The smallest absolute Gasteiger partial charge is 0.303 e. The van der Waals surface area contributed by atoms with Gasteiger partial charge >= 0.3 is 5.97 Å². The predicted octanol–water partition coefficient (Wildman–Crippen LogP) is 3.21. The van der Waals surface area contributed by atoms with E-state index in [1.807, 2.05) is 19.1 Å².